The molecule has 0 spiro atoms. The Morgan fingerprint density at radius 1 is 1.29 bits per heavy atom. The van der Waals surface area contributed by atoms with Gasteiger partial charge in [-0.25, -0.2) is 4.39 Å². The van der Waals surface area contributed by atoms with Gasteiger partial charge in [-0.05, 0) is 30.4 Å². The number of hydrogen-bond donors (Lipinski definition) is 1. The van der Waals surface area contributed by atoms with Crippen molar-refractivity contribution in [2.45, 2.75) is 26.7 Å². The van der Waals surface area contributed by atoms with Crippen molar-refractivity contribution in [3.63, 3.8) is 0 Å². The molecule has 2 atom stereocenters. The molecule has 0 aliphatic heterocycles. The van der Waals surface area contributed by atoms with Gasteiger partial charge in [0.25, 0.3) is 0 Å². The molecule has 1 aromatic carbocycles. The molecule has 21 heavy (non-hydrogen) atoms. The van der Waals surface area contributed by atoms with Crippen molar-refractivity contribution in [2.75, 3.05) is 5.32 Å². The Labute approximate surface area is 121 Å². The third-order valence-electron chi connectivity index (χ3n) is 5.22. The molecule has 0 heterocycles. The molecule has 4 nitrogen and oxygen atoms in total. The lowest BCUT2D eigenvalue weighted by atomic mass is 9.68. The zero-order valence-corrected chi connectivity index (χ0v) is 11.9. The Bertz CT molecular complexity index is 667. The summed E-state index contributed by atoms with van der Waals surface area (Å²) in [5.74, 6) is -2.63. The Kier molecular flexibility index (Phi) is 2.80. The van der Waals surface area contributed by atoms with Crippen molar-refractivity contribution < 1.29 is 18.8 Å². The highest BCUT2D eigenvalue weighted by Gasteiger charge is 2.72. The number of Topliss-reactive ketones (excluding diaryl/α,β-unsaturated/α-hetero) is 2. The van der Waals surface area contributed by atoms with Gasteiger partial charge < -0.3 is 5.32 Å². The molecule has 2 saturated carbocycles. The molecule has 1 amide bonds. The molecule has 3 rings (SSSR count). The van der Waals surface area contributed by atoms with Crippen LogP contribution in [0, 0.1) is 22.6 Å². The van der Waals surface area contributed by atoms with E-state index in [2.05, 4.69) is 5.32 Å². The molecule has 5 heteroatoms. The quantitative estimate of drug-likeness (QED) is 0.671. The van der Waals surface area contributed by atoms with Gasteiger partial charge in [0, 0.05) is 5.92 Å². The number of halogens is 1. The summed E-state index contributed by atoms with van der Waals surface area (Å²) in [6, 6.07) is 5.78. The monoisotopic (exact) mass is 289 g/mol. The van der Waals surface area contributed by atoms with E-state index in [1.54, 1.807) is 19.9 Å². The minimum Gasteiger partial charge on any atom is -0.323 e. The highest BCUT2D eigenvalue weighted by molar-refractivity contribution is 6.48. The van der Waals surface area contributed by atoms with Gasteiger partial charge in [0.05, 0.1) is 5.69 Å². The van der Waals surface area contributed by atoms with E-state index < -0.39 is 40.0 Å². The van der Waals surface area contributed by atoms with Crippen LogP contribution in [0.4, 0.5) is 10.1 Å². The molecule has 0 radical (unpaired) electrons. The maximum atomic E-state index is 13.7. The fourth-order valence-electron chi connectivity index (χ4n) is 3.88. The van der Waals surface area contributed by atoms with Crippen LogP contribution in [0.25, 0.3) is 0 Å². The summed E-state index contributed by atoms with van der Waals surface area (Å²) in [6.07, 6.45) is 0.873. The number of benzene rings is 1. The molecule has 0 unspecified atom stereocenters. The lowest BCUT2D eigenvalue weighted by Gasteiger charge is -2.33. The number of carbonyl (C=O) groups is 3. The first-order valence-corrected chi connectivity index (χ1v) is 6.97. The summed E-state index contributed by atoms with van der Waals surface area (Å²) >= 11 is 0. The predicted octanol–water partition coefficient (Wildman–Crippen LogP) is 2.34. The Morgan fingerprint density at radius 3 is 2.52 bits per heavy atom. The average Bonchev–Trinajstić information content (AvgIpc) is 2.78. The van der Waals surface area contributed by atoms with E-state index in [0.717, 1.165) is 0 Å². The fraction of sp³-hybridized carbons (Fsp3) is 0.438. The zero-order valence-electron chi connectivity index (χ0n) is 11.9. The summed E-state index contributed by atoms with van der Waals surface area (Å²) in [5, 5.41) is 2.49. The highest BCUT2D eigenvalue weighted by Crippen LogP contribution is 2.62. The zero-order chi connectivity index (χ0) is 15.4. The number of hydrogen-bond acceptors (Lipinski definition) is 3. The van der Waals surface area contributed by atoms with E-state index in [-0.39, 0.29) is 5.69 Å². The van der Waals surface area contributed by atoms with Gasteiger partial charge in [0.15, 0.2) is 0 Å². The summed E-state index contributed by atoms with van der Waals surface area (Å²) < 4.78 is 13.7. The van der Waals surface area contributed by atoms with Gasteiger partial charge in [0.2, 0.25) is 17.5 Å². The number of carbonyl (C=O) groups excluding carboxylic acids is 3. The summed E-state index contributed by atoms with van der Waals surface area (Å²) in [6.45, 7) is 3.54. The topological polar surface area (TPSA) is 63.2 Å². The maximum Gasteiger partial charge on any atom is 0.239 e. The highest BCUT2D eigenvalue weighted by atomic mass is 19.1. The van der Waals surface area contributed by atoms with Crippen molar-refractivity contribution in [1.29, 1.82) is 0 Å². The predicted molar refractivity (Wildman–Crippen MR) is 74.0 cm³/mol. The van der Waals surface area contributed by atoms with Crippen LogP contribution >= 0.6 is 0 Å². The van der Waals surface area contributed by atoms with Crippen LogP contribution in [0.2, 0.25) is 0 Å². The third kappa shape index (κ3) is 1.57. The van der Waals surface area contributed by atoms with Crippen LogP contribution in [0.15, 0.2) is 24.3 Å². The first-order chi connectivity index (χ1) is 9.82. The third-order valence-corrected chi connectivity index (χ3v) is 5.22. The summed E-state index contributed by atoms with van der Waals surface area (Å²) in [5.41, 5.74) is -2.06. The minimum atomic E-state index is -1.36. The number of rotatable bonds is 2. The van der Waals surface area contributed by atoms with Gasteiger partial charge in [-0.15, -0.1) is 0 Å². The molecule has 1 aromatic rings. The van der Waals surface area contributed by atoms with Gasteiger partial charge in [-0.2, -0.15) is 0 Å². The van der Waals surface area contributed by atoms with Crippen LogP contribution in [0.3, 0.4) is 0 Å². The van der Waals surface area contributed by atoms with Crippen molar-refractivity contribution in [3.8, 4) is 0 Å². The van der Waals surface area contributed by atoms with E-state index in [1.165, 1.54) is 18.2 Å². The van der Waals surface area contributed by atoms with Crippen molar-refractivity contribution in [2.24, 2.45) is 16.7 Å². The number of amides is 1. The smallest absolute Gasteiger partial charge is 0.239 e. The standard InChI is InChI=1S/C16H16FNO3/c1-15(2)9-7-8-16(15,13(20)12(9)19)14(21)18-11-6-4-3-5-10(11)17/h3-6,9H,7-8H2,1-2H3,(H,18,21)/t9-,16+/m0/s1. The van der Waals surface area contributed by atoms with Crippen LogP contribution < -0.4 is 5.32 Å². The molecule has 2 aliphatic carbocycles. The van der Waals surface area contributed by atoms with E-state index in [4.69, 9.17) is 0 Å². The molecule has 110 valence electrons. The van der Waals surface area contributed by atoms with Gasteiger partial charge in [-0.3, -0.25) is 14.4 Å². The lowest BCUT2D eigenvalue weighted by molar-refractivity contribution is -0.147. The first-order valence-electron chi connectivity index (χ1n) is 6.97. The number of fused-ring (bicyclic) bond motifs is 2. The van der Waals surface area contributed by atoms with E-state index >= 15 is 0 Å². The minimum absolute atomic E-state index is 0.0308. The van der Waals surface area contributed by atoms with Crippen LogP contribution in [0.5, 0.6) is 0 Å². The normalized spacial score (nSPS) is 29.8. The lowest BCUT2D eigenvalue weighted by Crippen LogP contribution is -2.47. The van der Waals surface area contributed by atoms with Crippen molar-refractivity contribution in [3.05, 3.63) is 30.1 Å². The number of nitrogens with one attached hydrogen (secondary N) is 1. The van der Waals surface area contributed by atoms with E-state index in [9.17, 15) is 18.8 Å². The molecular formula is C16H16FNO3. The fourth-order valence-corrected chi connectivity index (χ4v) is 3.88. The average molecular weight is 289 g/mol. The van der Waals surface area contributed by atoms with Crippen LogP contribution in [-0.4, -0.2) is 17.5 Å². The van der Waals surface area contributed by atoms with Gasteiger partial charge in [0.1, 0.15) is 11.2 Å². The maximum absolute atomic E-state index is 13.7. The number of para-hydroxylation sites is 1. The summed E-state index contributed by atoms with van der Waals surface area (Å²) in [4.78, 5) is 37.0. The molecule has 1 N–H and O–H groups in total. The molecule has 0 aromatic heterocycles. The molecule has 2 aliphatic rings. The first kappa shape index (κ1) is 13.9. The largest absolute Gasteiger partial charge is 0.323 e. The number of ketones is 2. The second-order valence-corrected chi connectivity index (χ2v) is 6.35. The number of anilines is 1. The summed E-state index contributed by atoms with van der Waals surface area (Å²) in [7, 11) is 0. The van der Waals surface area contributed by atoms with E-state index in [1.807, 2.05) is 0 Å². The van der Waals surface area contributed by atoms with Gasteiger partial charge >= 0.3 is 0 Å². The van der Waals surface area contributed by atoms with E-state index in [0.29, 0.717) is 12.8 Å². The van der Waals surface area contributed by atoms with Gasteiger partial charge in [-0.1, -0.05) is 26.0 Å². The van der Waals surface area contributed by atoms with Crippen LogP contribution in [-0.2, 0) is 14.4 Å². The second kappa shape index (κ2) is 4.23. The molecule has 0 saturated heterocycles. The van der Waals surface area contributed by atoms with Crippen LogP contribution in [0.1, 0.15) is 26.7 Å². The Hall–Kier alpha value is -2.04. The Morgan fingerprint density at radius 2 is 1.95 bits per heavy atom. The van der Waals surface area contributed by atoms with Crippen molar-refractivity contribution >= 4 is 23.2 Å². The Balaban J connectivity index is 1.99. The van der Waals surface area contributed by atoms with Crippen molar-refractivity contribution in [1.82, 2.24) is 0 Å². The molecular weight excluding hydrogens is 273 g/mol. The molecule has 2 bridgehead atoms. The SMILES string of the molecule is CC1(C)[C@H]2CC[C@]1(C(=O)Nc1ccccc1F)C(=O)C2=O. The second-order valence-electron chi connectivity index (χ2n) is 6.35. The molecule has 2 fully saturated rings.